The van der Waals surface area contributed by atoms with Crippen LogP contribution in [-0.2, 0) is 0 Å². The molecule has 0 saturated heterocycles. The van der Waals surface area contributed by atoms with Gasteiger partial charge in [0.1, 0.15) is 5.75 Å². The van der Waals surface area contributed by atoms with Gasteiger partial charge in [-0.05, 0) is 25.1 Å². The average Bonchev–Trinajstić information content (AvgIpc) is 2.38. The lowest BCUT2D eigenvalue weighted by molar-refractivity contribution is 0.0955. The first-order chi connectivity index (χ1) is 8.69. The number of carbonyl (C=O) groups excluding carboxylic acids is 1. The van der Waals surface area contributed by atoms with Crippen LogP contribution in [-0.4, -0.2) is 25.1 Å². The van der Waals surface area contributed by atoms with Gasteiger partial charge < -0.3 is 15.4 Å². The number of para-hydroxylation sites is 1. The van der Waals surface area contributed by atoms with E-state index in [4.69, 9.17) is 4.74 Å². The number of hydrogen-bond acceptors (Lipinski definition) is 3. The molecule has 0 spiro atoms. The Kier molecular flexibility index (Phi) is 5.87. The van der Waals surface area contributed by atoms with E-state index in [-0.39, 0.29) is 5.91 Å². The predicted molar refractivity (Wildman–Crippen MR) is 75.9 cm³/mol. The van der Waals surface area contributed by atoms with Crippen molar-refractivity contribution in [2.24, 2.45) is 0 Å². The van der Waals surface area contributed by atoms with Crippen molar-refractivity contribution in [3.8, 4) is 5.75 Å². The van der Waals surface area contributed by atoms with Gasteiger partial charge in [-0.15, -0.1) is 0 Å². The molecule has 0 radical (unpaired) electrons. The Hall–Kier alpha value is -1.88. The molecule has 0 aliphatic carbocycles. The van der Waals surface area contributed by atoms with E-state index in [2.05, 4.69) is 22.9 Å². The Morgan fingerprint density at radius 2 is 2.17 bits per heavy atom. The molecule has 1 amide bonds. The largest absolute Gasteiger partial charge is 0.496 e. The summed E-state index contributed by atoms with van der Waals surface area (Å²) >= 11 is 4.66. The van der Waals surface area contributed by atoms with Crippen LogP contribution in [0.4, 0.5) is 0 Å². The highest BCUT2D eigenvalue weighted by atomic mass is 32.1. The summed E-state index contributed by atoms with van der Waals surface area (Å²) in [5, 5.41) is 5.64. The van der Waals surface area contributed by atoms with Crippen molar-refractivity contribution in [1.82, 2.24) is 10.6 Å². The molecule has 1 aromatic rings. The van der Waals surface area contributed by atoms with E-state index in [0.717, 1.165) is 5.70 Å². The molecule has 0 unspecified atom stereocenters. The number of rotatable bonds is 6. The second kappa shape index (κ2) is 7.45. The standard InChI is InChI=1S/C13H16N2O2S/c1-10(15-9-18)7-8-14-13(16)11-5-3-4-6-12(11)17-2/h3-7,9H,8H2,1-2H3,(H,14,16)(H,15,18)/b10-7+. The minimum absolute atomic E-state index is 0.168. The van der Waals surface area contributed by atoms with Crippen molar-refractivity contribution < 1.29 is 9.53 Å². The van der Waals surface area contributed by atoms with Crippen molar-refractivity contribution in [3.63, 3.8) is 0 Å². The highest BCUT2D eigenvalue weighted by Crippen LogP contribution is 2.16. The SMILES string of the molecule is COc1ccccc1C(=O)NC/C=C(\C)NC=S. The quantitative estimate of drug-likeness (QED) is 0.770. The summed E-state index contributed by atoms with van der Waals surface area (Å²) in [6, 6.07) is 7.10. The van der Waals surface area contributed by atoms with Gasteiger partial charge in [0.25, 0.3) is 5.91 Å². The van der Waals surface area contributed by atoms with Crippen LogP contribution in [0.2, 0.25) is 0 Å². The summed E-state index contributed by atoms with van der Waals surface area (Å²) in [5.41, 5.74) is 2.84. The first kappa shape index (κ1) is 14.2. The van der Waals surface area contributed by atoms with E-state index in [1.54, 1.807) is 25.3 Å². The second-order valence-corrected chi connectivity index (χ2v) is 3.80. The number of benzene rings is 1. The number of allylic oxidation sites excluding steroid dienone is 1. The van der Waals surface area contributed by atoms with Crippen molar-refractivity contribution in [1.29, 1.82) is 0 Å². The van der Waals surface area contributed by atoms with Crippen molar-refractivity contribution >= 4 is 23.6 Å². The molecule has 0 fully saturated rings. The highest BCUT2D eigenvalue weighted by molar-refractivity contribution is 7.78. The number of thiocarbonyl (C=S) groups is 1. The number of carbonyl (C=O) groups is 1. The average molecular weight is 264 g/mol. The second-order valence-electron chi connectivity index (χ2n) is 3.56. The lowest BCUT2D eigenvalue weighted by atomic mass is 10.2. The van der Waals surface area contributed by atoms with Gasteiger partial charge in [-0.3, -0.25) is 4.79 Å². The molecule has 0 atom stereocenters. The third-order valence-electron chi connectivity index (χ3n) is 2.31. The summed E-state index contributed by atoms with van der Waals surface area (Å²) in [4.78, 5) is 11.9. The van der Waals surface area contributed by atoms with Gasteiger partial charge in [-0.25, -0.2) is 0 Å². The van der Waals surface area contributed by atoms with E-state index in [1.807, 2.05) is 19.1 Å². The van der Waals surface area contributed by atoms with Crippen LogP contribution in [0, 0.1) is 0 Å². The molecule has 2 N–H and O–H groups in total. The van der Waals surface area contributed by atoms with Crippen LogP contribution in [0.5, 0.6) is 5.75 Å². The van der Waals surface area contributed by atoms with Gasteiger partial charge >= 0.3 is 0 Å². The van der Waals surface area contributed by atoms with Gasteiger partial charge in [-0.2, -0.15) is 0 Å². The van der Waals surface area contributed by atoms with E-state index >= 15 is 0 Å². The molecular formula is C13H16N2O2S. The summed E-state index contributed by atoms with van der Waals surface area (Å²) < 4.78 is 5.13. The number of methoxy groups -OCH3 is 1. The Bertz CT molecular complexity index is 458. The fraction of sp³-hybridized carbons (Fsp3) is 0.231. The molecular weight excluding hydrogens is 248 g/mol. The van der Waals surface area contributed by atoms with Crippen LogP contribution in [0.15, 0.2) is 36.0 Å². The zero-order valence-electron chi connectivity index (χ0n) is 10.4. The Morgan fingerprint density at radius 3 is 2.83 bits per heavy atom. The topological polar surface area (TPSA) is 50.4 Å². The zero-order chi connectivity index (χ0) is 13.4. The molecule has 96 valence electrons. The van der Waals surface area contributed by atoms with Crippen LogP contribution in [0.25, 0.3) is 0 Å². The first-order valence-electron chi connectivity index (χ1n) is 5.47. The fourth-order valence-corrected chi connectivity index (χ4v) is 1.56. The van der Waals surface area contributed by atoms with Crippen molar-refractivity contribution in [3.05, 3.63) is 41.6 Å². The molecule has 0 aliphatic rings. The normalized spacial score (nSPS) is 10.7. The molecule has 5 heteroatoms. The molecule has 0 aromatic heterocycles. The van der Waals surface area contributed by atoms with E-state index in [1.165, 1.54) is 5.49 Å². The molecule has 0 heterocycles. The van der Waals surface area contributed by atoms with Gasteiger partial charge in [0.2, 0.25) is 0 Å². The van der Waals surface area contributed by atoms with Gasteiger partial charge in [0.15, 0.2) is 0 Å². The van der Waals surface area contributed by atoms with Crippen LogP contribution < -0.4 is 15.4 Å². The van der Waals surface area contributed by atoms with Gasteiger partial charge in [0.05, 0.1) is 18.2 Å². The van der Waals surface area contributed by atoms with E-state index in [9.17, 15) is 4.79 Å². The minimum atomic E-state index is -0.168. The number of ether oxygens (including phenoxy) is 1. The minimum Gasteiger partial charge on any atom is -0.496 e. The molecule has 1 rings (SSSR count). The molecule has 18 heavy (non-hydrogen) atoms. The van der Waals surface area contributed by atoms with Crippen molar-refractivity contribution in [2.75, 3.05) is 13.7 Å². The third kappa shape index (κ3) is 4.18. The maximum atomic E-state index is 11.9. The van der Waals surface area contributed by atoms with Crippen LogP contribution in [0.1, 0.15) is 17.3 Å². The van der Waals surface area contributed by atoms with Gasteiger partial charge in [0, 0.05) is 12.2 Å². The summed E-state index contributed by atoms with van der Waals surface area (Å²) in [6.07, 6.45) is 1.84. The zero-order valence-corrected chi connectivity index (χ0v) is 11.2. The third-order valence-corrected chi connectivity index (χ3v) is 2.43. The number of hydrogen-bond donors (Lipinski definition) is 2. The highest BCUT2D eigenvalue weighted by Gasteiger charge is 2.09. The fourth-order valence-electron chi connectivity index (χ4n) is 1.38. The Morgan fingerprint density at radius 1 is 1.44 bits per heavy atom. The first-order valence-corrected chi connectivity index (χ1v) is 5.94. The molecule has 0 bridgehead atoms. The van der Waals surface area contributed by atoms with Crippen molar-refractivity contribution in [2.45, 2.75) is 6.92 Å². The lowest BCUT2D eigenvalue weighted by Crippen LogP contribution is -2.24. The molecule has 4 nitrogen and oxygen atoms in total. The summed E-state index contributed by atoms with van der Waals surface area (Å²) in [5.74, 6) is 0.395. The lowest BCUT2D eigenvalue weighted by Gasteiger charge is -2.08. The van der Waals surface area contributed by atoms with Gasteiger partial charge in [-0.1, -0.05) is 24.4 Å². The monoisotopic (exact) mass is 264 g/mol. The number of amides is 1. The Balaban J connectivity index is 2.60. The van der Waals surface area contributed by atoms with Crippen LogP contribution >= 0.6 is 12.2 Å². The predicted octanol–water partition coefficient (Wildman–Crippen LogP) is 1.88. The smallest absolute Gasteiger partial charge is 0.255 e. The van der Waals surface area contributed by atoms with E-state index in [0.29, 0.717) is 17.9 Å². The molecule has 1 aromatic carbocycles. The molecule has 0 aliphatic heterocycles. The number of nitrogens with one attached hydrogen (secondary N) is 2. The summed E-state index contributed by atoms with van der Waals surface area (Å²) in [6.45, 7) is 2.30. The Labute approximate surface area is 112 Å². The summed E-state index contributed by atoms with van der Waals surface area (Å²) in [7, 11) is 1.54. The molecule has 0 saturated carbocycles. The maximum absolute atomic E-state index is 11.9. The van der Waals surface area contributed by atoms with Crippen LogP contribution in [0.3, 0.4) is 0 Å². The maximum Gasteiger partial charge on any atom is 0.255 e. The van der Waals surface area contributed by atoms with E-state index < -0.39 is 0 Å².